The lowest BCUT2D eigenvalue weighted by molar-refractivity contribution is 0.141. The van der Waals surface area contributed by atoms with Crippen molar-refractivity contribution in [3.05, 3.63) is 42.0 Å². The molecule has 0 unspecified atom stereocenters. The molecule has 2 aromatic carbocycles. The maximum absolute atomic E-state index is 13.4. The molecule has 10 heteroatoms. The highest BCUT2D eigenvalue weighted by Crippen LogP contribution is 2.32. The minimum Gasteiger partial charge on any atom is -0.497 e. The van der Waals surface area contributed by atoms with Crippen LogP contribution in [0.4, 0.5) is 0 Å². The minimum absolute atomic E-state index is 0.308. The number of thioether (sulfide) groups is 1. The number of piperidine rings is 1. The Morgan fingerprint density at radius 2 is 1.86 bits per heavy atom. The van der Waals surface area contributed by atoms with Gasteiger partial charge in [0.15, 0.2) is 5.16 Å². The largest absolute Gasteiger partial charge is 0.497 e. The van der Waals surface area contributed by atoms with E-state index in [9.17, 15) is 8.42 Å². The van der Waals surface area contributed by atoms with Crippen LogP contribution in [0.3, 0.4) is 0 Å². The van der Waals surface area contributed by atoms with Gasteiger partial charge in [0.05, 0.1) is 30.1 Å². The van der Waals surface area contributed by atoms with Crippen LogP contribution in [-0.2, 0) is 27.1 Å². The number of ether oxygens (including phenoxy) is 3. The van der Waals surface area contributed by atoms with Gasteiger partial charge in [0, 0.05) is 44.7 Å². The van der Waals surface area contributed by atoms with E-state index in [4.69, 9.17) is 19.2 Å². The van der Waals surface area contributed by atoms with Crippen LogP contribution in [0.15, 0.2) is 46.5 Å². The number of rotatable bonds is 12. The molecule has 0 aliphatic carbocycles. The first kappa shape index (κ1) is 27.8. The summed E-state index contributed by atoms with van der Waals surface area (Å²) < 4.78 is 46.9. The zero-order chi connectivity index (χ0) is 26.4. The van der Waals surface area contributed by atoms with Gasteiger partial charge in [-0.2, -0.15) is 4.31 Å². The number of aromatic nitrogens is 2. The average Bonchev–Trinajstić information content (AvgIpc) is 3.26. The Labute approximate surface area is 224 Å². The maximum Gasteiger partial charge on any atom is 0.243 e. The van der Waals surface area contributed by atoms with Gasteiger partial charge in [-0.3, -0.25) is 0 Å². The van der Waals surface area contributed by atoms with Crippen molar-refractivity contribution >= 4 is 32.8 Å². The highest BCUT2D eigenvalue weighted by molar-refractivity contribution is 7.98. The van der Waals surface area contributed by atoms with Crippen molar-refractivity contribution < 1.29 is 22.6 Å². The second-order valence-corrected chi connectivity index (χ2v) is 12.2. The van der Waals surface area contributed by atoms with Gasteiger partial charge in [-0.25, -0.2) is 13.4 Å². The predicted molar refractivity (Wildman–Crippen MR) is 147 cm³/mol. The fourth-order valence-corrected chi connectivity index (χ4v) is 7.24. The first-order valence-corrected chi connectivity index (χ1v) is 15.2. The predicted octanol–water partition coefficient (Wildman–Crippen LogP) is 5.19. The van der Waals surface area contributed by atoms with Crippen LogP contribution in [0, 0.1) is 5.92 Å². The molecule has 1 aliphatic heterocycles. The van der Waals surface area contributed by atoms with Crippen LogP contribution in [-0.4, -0.2) is 62.8 Å². The van der Waals surface area contributed by atoms with Crippen LogP contribution < -0.4 is 9.47 Å². The molecule has 0 bridgehead atoms. The molecule has 0 N–H and O–H groups in total. The van der Waals surface area contributed by atoms with Crippen LogP contribution in [0.5, 0.6) is 11.5 Å². The number of benzene rings is 2. The fourth-order valence-electron chi connectivity index (χ4n) is 4.65. The third kappa shape index (κ3) is 6.60. The van der Waals surface area contributed by atoms with E-state index in [1.54, 1.807) is 42.4 Å². The van der Waals surface area contributed by atoms with Gasteiger partial charge < -0.3 is 18.8 Å². The maximum atomic E-state index is 13.4. The molecule has 1 fully saturated rings. The van der Waals surface area contributed by atoms with Crippen molar-refractivity contribution in [3.8, 4) is 11.5 Å². The summed E-state index contributed by atoms with van der Waals surface area (Å²) in [6.07, 6.45) is 2.80. The lowest BCUT2D eigenvalue weighted by atomic mass is 10.0. The number of fused-ring (bicyclic) bond motifs is 1. The molecule has 0 amide bonds. The van der Waals surface area contributed by atoms with Crippen molar-refractivity contribution in [2.75, 3.05) is 40.5 Å². The standard InChI is InChI=1S/C27H37N3O5S2/c1-5-35-13-7-12-30-26-10-9-24(37(31,32)29-11-6-8-20(2)18-29)17-25(26)28-27(30)36-19-21-14-22(33-3)16-23(15-21)34-4/h9-10,14-17,20H,5-8,11-13,18-19H2,1-4H3/t20-/m0/s1. The van der Waals surface area contributed by atoms with Crippen molar-refractivity contribution in [2.24, 2.45) is 5.92 Å². The van der Waals surface area contributed by atoms with Crippen molar-refractivity contribution in [1.29, 1.82) is 0 Å². The Bertz CT molecular complexity index is 1290. The van der Waals surface area contributed by atoms with Gasteiger partial charge in [-0.1, -0.05) is 18.7 Å². The molecular formula is C27H37N3O5S2. The highest BCUT2D eigenvalue weighted by atomic mass is 32.2. The summed E-state index contributed by atoms with van der Waals surface area (Å²) in [7, 11) is -0.278. The summed E-state index contributed by atoms with van der Waals surface area (Å²) >= 11 is 1.61. The Morgan fingerprint density at radius 1 is 1.11 bits per heavy atom. The molecular weight excluding hydrogens is 510 g/mol. The van der Waals surface area contributed by atoms with Crippen LogP contribution in [0.1, 0.15) is 38.7 Å². The molecule has 37 heavy (non-hydrogen) atoms. The second-order valence-electron chi connectivity index (χ2n) is 9.37. The number of hydrogen-bond donors (Lipinski definition) is 0. The smallest absolute Gasteiger partial charge is 0.243 e. The molecule has 4 rings (SSSR count). The Kier molecular flexibility index (Phi) is 9.39. The number of hydrogen-bond acceptors (Lipinski definition) is 7. The van der Waals surface area contributed by atoms with Gasteiger partial charge in [0.1, 0.15) is 11.5 Å². The minimum atomic E-state index is -3.56. The third-order valence-corrected chi connectivity index (χ3v) is 9.50. The van der Waals surface area contributed by atoms with E-state index in [0.29, 0.717) is 48.4 Å². The fraction of sp³-hybridized carbons (Fsp3) is 0.519. The molecule has 202 valence electrons. The molecule has 1 atom stereocenters. The molecule has 1 aromatic heterocycles. The molecule has 0 saturated carbocycles. The van der Waals surface area contributed by atoms with E-state index in [0.717, 1.165) is 53.5 Å². The Balaban J connectivity index is 1.63. The lowest BCUT2D eigenvalue weighted by Crippen LogP contribution is -2.39. The van der Waals surface area contributed by atoms with E-state index in [-0.39, 0.29) is 0 Å². The van der Waals surface area contributed by atoms with Gasteiger partial charge in [0.25, 0.3) is 0 Å². The number of imidazole rings is 1. The van der Waals surface area contributed by atoms with Crippen LogP contribution >= 0.6 is 11.8 Å². The summed E-state index contributed by atoms with van der Waals surface area (Å²) in [5.74, 6) is 2.51. The van der Waals surface area contributed by atoms with E-state index >= 15 is 0 Å². The van der Waals surface area contributed by atoms with Gasteiger partial charge in [-0.15, -0.1) is 0 Å². The molecule has 1 aliphatic rings. The summed E-state index contributed by atoms with van der Waals surface area (Å²) in [5.41, 5.74) is 2.66. The van der Waals surface area contributed by atoms with Crippen LogP contribution in [0.2, 0.25) is 0 Å². The van der Waals surface area contributed by atoms with Crippen molar-refractivity contribution in [1.82, 2.24) is 13.9 Å². The molecule has 8 nitrogen and oxygen atoms in total. The number of aryl methyl sites for hydroxylation is 1. The zero-order valence-corrected chi connectivity index (χ0v) is 23.7. The quantitative estimate of drug-likeness (QED) is 0.228. The molecule has 1 saturated heterocycles. The van der Waals surface area contributed by atoms with Gasteiger partial charge in [-0.05, 0) is 68.0 Å². The average molecular weight is 548 g/mol. The third-order valence-electron chi connectivity index (χ3n) is 6.60. The second kappa shape index (κ2) is 12.5. The van der Waals surface area contributed by atoms with Crippen molar-refractivity contribution in [3.63, 3.8) is 0 Å². The van der Waals surface area contributed by atoms with Gasteiger partial charge in [0.2, 0.25) is 10.0 Å². The monoisotopic (exact) mass is 547 g/mol. The van der Waals surface area contributed by atoms with E-state index in [1.165, 1.54) is 0 Å². The number of methoxy groups -OCH3 is 2. The first-order chi connectivity index (χ1) is 17.8. The Morgan fingerprint density at radius 3 is 2.54 bits per heavy atom. The Hall–Kier alpha value is -2.27. The highest BCUT2D eigenvalue weighted by Gasteiger charge is 2.29. The van der Waals surface area contributed by atoms with E-state index < -0.39 is 10.0 Å². The summed E-state index contributed by atoms with van der Waals surface area (Å²) in [5, 5.41) is 0.842. The number of sulfonamides is 1. The normalized spacial score (nSPS) is 16.8. The summed E-state index contributed by atoms with van der Waals surface area (Å²) in [6, 6.07) is 11.2. The summed E-state index contributed by atoms with van der Waals surface area (Å²) in [4.78, 5) is 5.19. The van der Waals surface area contributed by atoms with Crippen molar-refractivity contribution in [2.45, 2.75) is 55.5 Å². The lowest BCUT2D eigenvalue weighted by Gasteiger charge is -2.30. The first-order valence-electron chi connectivity index (χ1n) is 12.8. The molecule has 2 heterocycles. The molecule has 0 radical (unpaired) electrons. The van der Waals surface area contributed by atoms with E-state index in [2.05, 4.69) is 11.5 Å². The van der Waals surface area contributed by atoms with Crippen LogP contribution in [0.25, 0.3) is 11.0 Å². The molecule has 3 aromatic rings. The summed E-state index contributed by atoms with van der Waals surface area (Å²) in [6.45, 7) is 7.31. The molecule has 0 spiro atoms. The van der Waals surface area contributed by atoms with Gasteiger partial charge >= 0.3 is 0 Å². The topological polar surface area (TPSA) is 82.9 Å². The SMILES string of the molecule is CCOCCCn1c(SCc2cc(OC)cc(OC)c2)nc2cc(S(=O)(=O)N3CCC[C@H](C)C3)ccc21. The zero-order valence-electron chi connectivity index (χ0n) is 22.1. The number of nitrogens with zero attached hydrogens (tertiary/aromatic N) is 3. The van der Waals surface area contributed by atoms with E-state index in [1.807, 2.05) is 31.2 Å².